The van der Waals surface area contributed by atoms with E-state index in [1.54, 1.807) is 27.7 Å². The van der Waals surface area contributed by atoms with Crippen molar-refractivity contribution in [1.29, 1.82) is 0 Å². The van der Waals surface area contributed by atoms with Crippen LogP contribution in [0.4, 0.5) is 18.0 Å². The fraction of sp³-hybridized carbons (Fsp3) is 0.611. The maximum Gasteiger partial charge on any atom is 0.416 e. The first-order valence-electron chi connectivity index (χ1n) is 8.82. The topological polar surface area (TPSA) is 77.5 Å². The molecule has 1 aliphatic rings. The molecule has 0 N–H and O–H groups in total. The summed E-state index contributed by atoms with van der Waals surface area (Å²) in [5.41, 5.74) is -1.64. The van der Waals surface area contributed by atoms with E-state index < -0.39 is 43.9 Å². The molecule has 1 fully saturated rings. The molecular formula is C18H25F3N2O4S. The van der Waals surface area contributed by atoms with Crippen molar-refractivity contribution in [3.8, 4) is 0 Å². The molecule has 0 bridgehead atoms. The van der Waals surface area contributed by atoms with Gasteiger partial charge in [-0.15, -0.1) is 0 Å². The third-order valence-electron chi connectivity index (χ3n) is 5.57. The average Bonchev–Trinajstić information content (AvgIpc) is 2.51. The SMILES string of the molecule is Cc1cc(C(F)(F)F)ccc1S(=O)(=O)N1CC[N+](C(=O)[O-])(C(C)(C)C)[C@@H](C)C1. The Morgan fingerprint density at radius 1 is 1.25 bits per heavy atom. The number of quaternary nitrogens is 1. The molecule has 2 rings (SSSR count). The molecule has 0 spiro atoms. The highest BCUT2D eigenvalue weighted by molar-refractivity contribution is 7.89. The van der Waals surface area contributed by atoms with Crippen molar-refractivity contribution in [3.05, 3.63) is 29.3 Å². The molecule has 6 nitrogen and oxygen atoms in total. The van der Waals surface area contributed by atoms with Crippen molar-refractivity contribution in [3.63, 3.8) is 0 Å². The Morgan fingerprint density at radius 3 is 2.21 bits per heavy atom. The van der Waals surface area contributed by atoms with Crippen LogP contribution in [0.1, 0.15) is 38.8 Å². The van der Waals surface area contributed by atoms with Crippen LogP contribution in [-0.4, -0.2) is 54.5 Å². The predicted octanol–water partition coefficient (Wildman–Crippen LogP) is 2.37. The molecule has 1 heterocycles. The van der Waals surface area contributed by atoms with Crippen molar-refractivity contribution >= 4 is 16.1 Å². The summed E-state index contributed by atoms with van der Waals surface area (Å²) in [4.78, 5) is 11.7. The van der Waals surface area contributed by atoms with Crippen LogP contribution in [0.5, 0.6) is 0 Å². The summed E-state index contributed by atoms with van der Waals surface area (Å²) >= 11 is 0. The van der Waals surface area contributed by atoms with Gasteiger partial charge < -0.3 is 9.90 Å². The lowest BCUT2D eigenvalue weighted by Gasteiger charge is -2.55. The Hall–Kier alpha value is -1.65. The molecule has 1 amide bonds. The van der Waals surface area contributed by atoms with Crippen LogP contribution in [0.25, 0.3) is 0 Å². The molecule has 1 aliphatic heterocycles. The van der Waals surface area contributed by atoms with Crippen LogP contribution in [0.15, 0.2) is 23.1 Å². The summed E-state index contributed by atoms with van der Waals surface area (Å²) in [5, 5.41) is 11.9. The third-order valence-corrected chi connectivity index (χ3v) is 7.59. The lowest BCUT2D eigenvalue weighted by Crippen LogP contribution is -2.76. The number of carboxylic acid groups (broad SMARTS) is 1. The Balaban J connectivity index is 2.39. The van der Waals surface area contributed by atoms with Crippen molar-refractivity contribution in [1.82, 2.24) is 4.31 Å². The standard InChI is InChI=1S/C18H25F3N2O4S/c1-12-10-14(18(19,20)21)6-7-15(12)28(26,27)22-8-9-23(16(24)25,13(2)11-22)17(3,4)5/h6-7,10,13H,8-9,11H2,1-5H3/t13-,23?/m0/s1. The Morgan fingerprint density at radius 2 is 1.82 bits per heavy atom. The van der Waals surface area contributed by atoms with Crippen molar-refractivity contribution in [2.24, 2.45) is 0 Å². The number of alkyl halides is 3. The minimum Gasteiger partial charge on any atom is -0.498 e. The van der Waals surface area contributed by atoms with Crippen LogP contribution in [-0.2, 0) is 16.2 Å². The second kappa shape index (κ2) is 7.00. The summed E-state index contributed by atoms with van der Waals surface area (Å²) in [6, 6.07) is 1.90. The molecule has 10 heteroatoms. The van der Waals surface area contributed by atoms with E-state index >= 15 is 0 Å². The summed E-state index contributed by atoms with van der Waals surface area (Å²) < 4.78 is 65.3. The third kappa shape index (κ3) is 3.65. The summed E-state index contributed by atoms with van der Waals surface area (Å²) in [7, 11) is -4.07. The highest BCUT2D eigenvalue weighted by Crippen LogP contribution is 2.35. The molecule has 2 atom stereocenters. The van der Waals surface area contributed by atoms with Crippen LogP contribution in [0.3, 0.4) is 0 Å². The summed E-state index contributed by atoms with van der Waals surface area (Å²) in [5.74, 6) is 0. The number of piperazine rings is 1. The van der Waals surface area contributed by atoms with Gasteiger partial charge in [-0.3, -0.25) is 4.48 Å². The monoisotopic (exact) mass is 422 g/mol. The van der Waals surface area contributed by atoms with Gasteiger partial charge in [0.15, 0.2) is 0 Å². The zero-order chi connectivity index (χ0) is 21.7. The van der Waals surface area contributed by atoms with Gasteiger partial charge in [0.1, 0.15) is 6.04 Å². The molecule has 28 heavy (non-hydrogen) atoms. The number of carbonyl (C=O) groups excluding carboxylic acids is 1. The highest BCUT2D eigenvalue weighted by Gasteiger charge is 2.51. The fourth-order valence-electron chi connectivity index (χ4n) is 4.03. The van der Waals surface area contributed by atoms with E-state index in [4.69, 9.17) is 0 Å². The van der Waals surface area contributed by atoms with E-state index in [0.717, 1.165) is 22.5 Å². The first kappa shape index (κ1) is 22.6. The number of carbonyl (C=O) groups is 1. The minimum atomic E-state index is -4.56. The molecule has 158 valence electrons. The second-order valence-corrected chi connectivity index (χ2v) is 10.1. The summed E-state index contributed by atoms with van der Waals surface area (Å²) in [6.07, 6.45) is -5.84. The van der Waals surface area contributed by atoms with E-state index in [2.05, 4.69) is 0 Å². The molecule has 1 aromatic rings. The first-order chi connectivity index (χ1) is 12.5. The molecule has 1 aromatic carbocycles. The van der Waals surface area contributed by atoms with Gasteiger partial charge in [0.2, 0.25) is 10.0 Å². The van der Waals surface area contributed by atoms with E-state index in [9.17, 15) is 31.5 Å². The van der Waals surface area contributed by atoms with E-state index in [-0.39, 0.29) is 30.1 Å². The number of benzene rings is 1. The van der Waals surface area contributed by atoms with Crippen LogP contribution in [0.2, 0.25) is 0 Å². The zero-order valence-corrected chi connectivity index (χ0v) is 17.3. The van der Waals surface area contributed by atoms with Crippen LogP contribution < -0.4 is 5.11 Å². The Kier molecular flexibility index (Phi) is 5.66. The van der Waals surface area contributed by atoms with Gasteiger partial charge in [-0.05, 0) is 58.4 Å². The lowest BCUT2D eigenvalue weighted by atomic mass is 9.96. The fourth-order valence-corrected chi connectivity index (χ4v) is 5.75. The smallest absolute Gasteiger partial charge is 0.416 e. The largest absolute Gasteiger partial charge is 0.498 e. The number of aryl methyl sites for hydroxylation is 1. The Bertz CT molecular complexity index is 878. The van der Waals surface area contributed by atoms with Gasteiger partial charge in [0.05, 0.1) is 35.6 Å². The molecule has 1 saturated heterocycles. The molecule has 0 aromatic heterocycles. The second-order valence-electron chi connectivity index (χ2n) is 8.22. The van der Waals surface area contributed by atoms with E-state index in [0.29, 0.717) is 0 Å². The normalized spacial score (nSPS) is 24.9. The lowest BCUT2D eigenvalue weighted by molar-refractivity contribution is -0.943. The summed E-state index contributed by atoms with van der Waals surface area (Å²) in [6.45, 7) is 8.07. The predicted molar refractivity (Wildman–Crippen MR) is 94.7 cm³/mol. The van der Waals surface area contributed by atoms with Crippen molar-refractivity contribution in [2.45, 2.75) is 57.3 Å². The maximum atomic E-state index is 13.0. The quantitative estimate of drug-likeness (QED) is 0.686. The van der Waals surface area contributed by atoms with E-state index in [1.165, 1.54) is 6.92 Å². The number of nitrogens with zero attached hydrogens (tertiary/aromatic N) is 2. The molecular weight excluding hydrogens is 397 g/mol. The zero-order valence-electron chi connectivity index (χ0n) is 16.5. The molecule has 0 saturated carbocycles. The van der Waals surface area contributed by atoms with Gasteiger partial charge in [-0.2, -0.15) is 17.5 Å². The molecule has 1 unspecified atom stereocenters. The van der Waals surface area contributed by atoms with Gasteiger partial charge in [-0.1, -0.05) is 0 Å². The van der Waals surface area contributed by atoms with Crippen molar-refractivity contribution < 1.29 is 36.0 Å². The average molecular weight is 422 g/mol. The number of rotatable bonds is 2. The molecule has 0 aliphatic carbocycles. The van der Waals surface area contributed by atoms with Crippen molar-refractivity contribution in [2.75, 3.05) is 19.6 Å². The number of halogens is 3. The number of hydrogen-bond donors (Lipinski definition) is 0. The van der Waals surface area contributed by atoms with Crippen LogP contribution in [0, 0.1) is 6.92 Å². The van der Waals surface area contributed by atoms with Crippen LogP contribution >= 0.6 is 0 Å². The number of sulfonamides is 1. The van der Waals surface area contributed by atoms with E-state index in [1.807, 2.05) is 0 Å². The maximum absolute atomic E-state index is 13.0. The van der Waals surface area contributed by atoms with Gasteiger partial charge in [0, 0.05) is 0 Å². The highest BCUT2D eigenvalue weighted by atomic mass is 32.2. The first-order valence-corrected chi connectivity index (χ1v) is 10.3. The Labute approximate surface area is 163 Å². The van der Waals surface area contributed by atoms with Gasteiger partial charge >= 0.3 is 6.18 Å². The molecule has 0 radical (unpaired) electrons. The minimum absolute atomic E-state index is 0.00587. The van der Waals surface area contributed by atoms with Gasteiger partial charge in [0.25, 0.3) is 6.09 Å². The van der Waals surface area contributed by atoms with Gasteiger partial charge in [-0.25, -0.2) is 8.42 Å². The number of hydrogen-bond acceptors (Lipinski definition) is 4. The number of amides is 1.